The molecule has 0 saturated carbocycles. The Hall–Kier alpha value is -2.06. The smallest absolute Gasteiger partial charge is 0.119 e. The van der Waals surface area contributed by atoms with Gasteiger partial charge in [0.2, 0.25) is 0 Å². The van der Waals surface area contributed by atoms with Gasteiger partial charge in [-0.05, 0) is 65.8 Å². The Bertz CT molecular complexity index is 656. The van der Waals surface area contributed by atoms with Gasteiger partial charge >= 0.3 is 0 Å². The zero-order chi connectivity index (χ0) is 15.4. The van der Waals surface area contributed by atoms with E-state index < -0.39 is 0 Å². The minimum atomic E-state index is -0.295. The Morgan fingerprint density at radius 2 is 2.00 bits per heavy atom. The van der Waals surface area contributed by atoms with Crippen LogP contribution in [-0.2, 0) is 12.8 Å². The van der Waals surface area contributed by atoms with E-state index in [4.69, 9.17) is 4.74 Å². The number of fused-ring (bicyclic) bond motifs is 1. The molecule has 114 valence electrons. The van der Waals surface area contributed by atoms with Crippen molar-refractivity contribution in [3.05, 3.63) is 70.8 Å². The minimum absolute atomic E-state index is 0.295. The summed E-state index contributed by atoms with van der Waals surface area (Å²) in [4.78, 5) is 0. The van der Waals surface area contributed by atoms with E-state index in [0.29, 0.717) is 6.61 Å². The summed E-state index contributed by atoms with van der Waals surface area (Å²) in [6, 6.07) is 14.5. The molecule has 0 aliphatic heterocycles. The van der Waals surface area contributed by atoms with Crippen LogP contribution in [0.4, 0.5) is 0 Å². The quantitative estimate of drug-likeness (QED) is 0.890. The lowest BCUT2D eigenvalue weighted by Crippen LogP contribution is -1.94. The SMILES string of the molecule is CCc1ccc(OC/C=C/c2ccc3c(c2)C(O)CC3)cc1. The molecule has 1 aliphatic carbocycles. The second kappa shape index (κ2) is 6.80. The number of aliphatic hydroxyl groups excluding tert-OH is 1. The number of aliphatic hydroxyl groups is 1. The fraction of sp³-hybridized carbons (Fsp3) is 0.300. The first-order valence-corrected chi connectivity index (χ1v) is 7.95. The third-order valence-electron chi connectivity index (χ3n) is 4.20. The van der Waals surface area contributed by atoms with Gasteiger partial charge in [0.1, 0.15) is 12.4 Å². The zero-order valence-electron chi connectivity index (χ0n) is 13.0. The van der Waals surface area contributed by atoms with E-state index in [1.165, 1.54) is 11.1 Å². The van der Waals surface area contributed by atoms with Crippen molar-refractivity contribution in [1.29, 1.82) is 0 Å². The van der Waals surface area contributed by atoms with Gasteiger partial charge in [-0.25, -0.2) is 0 Å². The topological polar surface area (TPSA) is 29.5 Å². The number of ether oxygens (including phenoxy) is 1. The third kappa shape index (κ3) is 3.40. The first-order valence-electron chi connectivity index (χ1n) is 7.95. The van der Waals surface area contributed by atoms with Crippen molar-refractivity contribution in [2.24, 2.45) is 0 Å². The lowest BCUT2D eigenvalue weighted by Gasteiger charge is -2.05. The fourth-order valence-corrected chi connectivity index (χ4v) is 2.85. The van der Waals surface area contributed by atoms with E-state index in [9.17, 15) is 5.11 Å². The molecule has 0 aromatic heterocycles. The molecule has 0 radical (unpaired) electrons. The Kier molecular flexibility index (Phi) is 4.59. The molecule has 0 heterocycles. The second-order valence-electron chi connectivity index (χ2n) is 5.72. The minimum Gasteiger partial charge on any atom is -0.490 e. The summed E-state index contributed by atoms with van der Waals surface area (Å²) in [6.45, 7) is 2.69. The van der Waals surface area contributed by atoms with E-state index >= 15 is 0 Å². The monoisotopic (exact) mass is 294 g/mol. The average Bonchev–Trinajstić information content (AvgIpc) is 2.93. The largest absolute Gasteiger partial charge is 0.490 e. The maximum atomic E-state index is 9.92. The van der Waals surface area contributed by atoms with Crippen LogP contribution < -0.4 is 4.74 Å². The molecular formula is C20H22O2. The summed E-state index contributed by atoms with van der Waals surface area (Å²) in [7, 11) is 0. The van der Waals surface area contributed by atoms with Gasteiger partial charge in [0.05, 0.1) is 6.10 Å². The summed E-state index contributed by atoms with van der Waals surface area (Å²) in [5.74, 6) is 0.895. The zero-order valence-corrected chi connectivity index (χ0v) is 13.0. The summed E-state index contributed by atoms with van der Waals surface area (Å²) in [5, 5.41) is 9.92. The average molecular weight is 294 g/mol. The van der Waals surface area contributed by atoms with Gasteiger partial charge in [0, 0.05) is 0 Å². The molecule has 0 fully saturated rings. The highest BCUT2D eigenvalue weighted by Gasteiger charge is 2.19. The van der Waals surface area contributed by atoms with Crippen LogP contribution in [0.1, 0.15) is 41.7 Å². The van der Waals surface area contributed by atoms with Gasteiger partial charge in [-0.1, -0.05) is 37.3 Å². The molecule has 2 heteroatoms. The van der Waals surface area contributed by atoms with Crippen LogP contribution in [0, 0.1) is 0 Å². The molecule has 1 atom stereocenters. The summed E-state index contributed by atoms with van der Waals surface area (Å²) >= 11 is 0. The molecule has 0 amide bonds. The van der Waals surface area contributed by atoms with E-state index in [0.717, 1.165) is 36.1 Å². The van der Waals surface area contributed by atoms with Crippen LogP contribution in [0.5, 0.6) is 5.75 Å². The number of aryl methyl sites for hydroxylation is 2. The molecule has 1 unspecified atom stereocenters. The summed E-state index contributed by atoms with van der Waals surface area (Å²) in [6.07, 6.45) is 6.64. The van der Waals surface area contributed by atoms with Crippen LogP contribution in [0.3, 0.4) is 0 Å². The van der Waals surface area contributed by atoms with Crippen LogP contribution in [0.2, 0.25) is 0 Å². The van der Waals surface area contributed by atoms with Crippen molar-refractivity contribution in [2.45, 2.75) is 32.3 Å². The number of benzene rings is 2. The molecule has 1 aliphatic rings. The van der Waals surface area contributed by atoms with Gasteiger partial charge in [0.25, 0.3) is 0 Å². The molecule has 3 rings (SSSR count). The fourth-order valence-electron chi connectivity index (χ4n) is 2.85. The molecule has 2 aromatic carbocycles. The number of hydrogen-bond donors (Lipinski definition) is 1. The highest BCUT2D eigenvalue weighted by atomic mass is 16.5. The predicted molar refractivity (Wildman–Crippen MR) is 90.1 cm³/mol. The molecule has 2 nitrogen and oxygen atoms in total. The number of hydrogen-bond acceptors (Lipinski definition) is 2. The molecule has 1 N–H and O–H groups in total. The van der Waals surface area contributed by atoms with Gasteiger partial charge in [0.15, 0.2) is 0 Å². The van der Waals surface area contributed by atoms with Gasteiger partial charge in [-0.3, -0.25) is 0 Å². The lowest BCUT2D eigenvalue weighted by molar-refractivity contribution is 0.180. The van der Waals surface area contributed by atoms with Crippen LogP contribution >= 0.6 is 0 Å². The van der Waals surface area contributed by atoms with E-state index in [1.807, 2.05) is 24.3 Å². The Morgan fingerprint density at radius 3 is 2.77 bits per heavy atom. The second-order valence-corrected chi connectivity index (χ2v) is 5.72. The Morgan fingerprint density at radius 1 is 1.18 bits per heavy atom. The van der Waals surface area contributed by atoms with Gasteiger partial charge in [-0.2, -0.15) is 0 Å². The van der Waals surface area contributed by atoms with E-state index in [2.05, 4.69) is 37.3 Å². The molecule has 22 heavy (non-hydrogen) atoms. The first kappa shape index (κ1) is 14.9. The van der Waals surface area contributed by atoms with Crippen molar-refractivity contribution < 1.29 is 9.84 Å². The van der Waals surface area contributed by atoms with E-state index in [1.54, 1.807) is 0 Å². The highest BCUT2D eigenvalue weighted by molar-refractivity contribution is 5.53. The van der Waals surface area contributed by atoms with Crippen molar-refractivity contribution >= 4 is 6.08 Å². The molecule has 0 saturated heterocycles. The van der Waals surface area contributed by atoms with Crippen molar-refractivity contribution in [1.82, 2.24) is 0 Å². The van der Waals surface area contributed by atoms with Gasteiger partial charge in [-0.15, -0.1) is 0 Å². The highest BCUT2D eigenvalue weighted by Crippen LogP contribution is 2.31. The number of rotatable bonds is 5. The van der Waals surface area contributed by atoms with Crippen molar-refractivity contribution in [3.63, 3.8) is 0 Å². The maximum absolute atomic E-state index is 9.92. The maximum Gasteiger partial charge on any atom is 0.119 e. The lowest BCUT2D eigenvalue weighted by atomic mass is 10.1. The van der Waals surface area contributed by atoms with Crippen LogP contribution in [0.15, 0.2) is 48.5 Å². The van der Waals surface area contributed by atoms with E-state index in [-0.39, 0.29) is 6.10 Å². The normalized spacial score (nSPS) is 16.9. The molecular weight excluding hydrogens is 272 g/mol. The predicted octanol–water partition coefficient (Wildman–Crippen LogP) is 4.32. The Balaban J connectivity index is 1.57. The Labute approximate surface area is 132 Å². The van der Waals surface area contributed by atoms with Crippen molar-refractivity contribution in [2.75, 3.05) is 6.61 Å². The summed E-state index contributed by atoms with van der Waals surface area (Å²) < 4.78 is 5.70. The standard InChI is InChI=1S/C20H22O2/c1-2-15-6-10-18(11-7-15)22-13-3-4-16-5-8-17-9-12-20(21)19(17)14-16/h3-8,10-11,14,20-21H,2,9,12-13H2,1H3/b4-3+. The summed E-state index contributed by atoms with van der Waals surface area (Å²) in [5.41, 5.74) is 4.79. The molecule has 0 spiro atoms. The van der Waals surface area contributed by atoms with Gasteiger partial charge < -0.3 is 9.84 Å². The molecule has 0 bridgehead atoms. The molecule has 2 aromatic rings. The third-order valence-corrected chi connectivity index (χ3v) is 4.20. The van der Waals surface area contributed by atoms with Crippen LogP contribution in [-0.4, -0.2) is 11.7 Å². The first-order chi connectivity index (χ1) is 10.8. The van der Waals surface area contributed by atoms with Crippen molar-refractivity contribution in [3.8, 4) is 5.75 Å². The van der Waals surface area contributed by atoms with Crippen LogP contribution in [0.25, 0.3) is 6.08 Å².